The Hall–Kier alpha value is -0.590. The number of hydrogen-bond donors (Lipinski definition) is 1. The SMILES string of the molecule is CC(C)NC(C)(C#N)CCCCN(C)CC1CCC1. The van der Waals surface area contributed by atoms with E-state index in [0.717, 1.165) is 18.8 Å². The topological polar surface area (TPSA) is 39.1 Å². The second-order valence-corrected chi connectivity index (χ2v) is 6.76. The molecule has 3 nitrogen and oxygen atoms in total. The van der Waals surface area contributed by atoms with Crippen LogP contribution in [0.4, 0.5) is 0 Å². The number of rotatable bonds is 9. The van der Waals surface area contributed by atoms with Gasteiger partial charge in [0, 0.05) is 12.6 Å². The van der Waals surface area contributed by atoms with Gasteiger partial charge >= 0.3 is 0 Å². The highest BCUT2D eigenvalue weighted by Crippen LogP contribution is 2.26. The number of hydrogen-bond acceptors (Lipinski definition) is 3. The van der Waals surface area contributed by atoms with E-state index < -0.39 is 0 Å². The average molecular weight is 265 g/mol. The molecule has 1 unspecified atom stereocenters. The van der Waals surface area contributed by atoms with E-state index in [1.54, 1.807) is 0 Å². The molecule has 1 aliphatic rings. The molecule has 0 aromatic carbocycles. The third kappa shape index (κ3) is 6.40. The zero-order valence-electron chi connectivity index (χ0n) is 13.2. The van der Waals surface area contributed by atoms with Gasteiger partial charge in [0.1, 0.15) is 5.54 Å². The lowest BCUT2D eigenvalue weighted by molar-refractivity contribution is 0.201. The number of nitrogens with one attached hydrogen (secondary N) is 1. The maximum Gasteiger partial charge on any atom is 0.104 e. The van der Waals surface area contributed by atoms with E-state index >= 15 is 0 Å². The molecular weight excluding hydrogens is 234 g/mol. The largest absolute Gasteiger partial charge is 0.306 e. The Bertz CT molecular complexity index is 291. The monoisotopic (exact) mass is 265 g/mol. The molecule has 0 aliphatic heterocycles. The molecule has 1 fully saturated rings. The summed E-state index contributed by atoms with van der Waals surface area (Å²) in [6.45, 7) is 8.65. The van der Waals surface area contributed by atoms with Crippen LogP contribution in [-0.2, 0) is 0 Å². The second-order valence-electron chi connectivity index (χ2n) is 6.76. The molecule has 0 saturated heterocycles. The third-order valence-electron chi connectivity index (χ3n) is 4.12. The summed E-state index contributed by atoms with van der Waals surface area (Å²) in [7, 11) is 2.23. The van der Waals surface area contributed by atoms with E-state index in [1.165, 1.54) is 38.8 Å². The fourth-order valence-corrected chi connectivity index (χ4v) is 2.87. The molecule has 0 aromatic heterocycles. The average Bonchev–Trinajstić information content (AvgIpc) is 2.29. The summed E-state index contributed by atoms with van der Waals surface area (Å²) in [6, 6.07) is 2.79. The fourth-order valence-electron chi connectivity index (χ4n) is 2.87. The highest BCUT2D eigenvalue weighted by molar-refractivity contribution is 5.04. The van der Waals surface area contributed by atoms with Crippen molar-refractivity contribution < 1.29 is 0 Å². The molecule has 1 aliphatic carbocycles. The highest BCUT2D eigenvalue weighted by Gasteiger charge is 2.23. The lowest BCUT2D eigenvalue weighted by Crippen LogP contribution is -2.45. The van der Waals surface area contributed by atoms with Crippen molar-refractivity contribution in [1.29, 1.82) is 5.26 Å². The molecule has 1 N–H and O–H groups in total. The van der Waals surface area contributed by atoms with Crippen molar-refractivity contribution in [2.45, 2.75) is 70.9 Å². The van der Waals surface area contributed by atoms with E-state index in [1.807, 2.05) is 6.92 Å². The molecule has 19 heavy (non-hydrogen) atoms. The first kappa shape index (κ1) is 16.5. The van der Waals surface area contributed by atoms with Gasteiger partial charge in [-0.1, -0.05) is 6.42 Å². The lowest BCUT2D eigenvalue weighted by atomic mass is 9.85. The normalized spacial score (nSPS) is 19.2. The summed E-state index contributed by atoms with van der Waals surface area (Å²) >= 11 is 0. The van der Waals surface area contributed by atoms with Crippen molar-refractivity contribution >= 4 is 0 Å². The second kappa shape index (κ2) is 7.87. The molecule has 1 rings (SSSR count). The summed E-state index contributed by atoms with van der Waals surface area (Å²) in [6.07, 6.45) is 7.54. The first-order valence-electron chi connectivity index (χ1n) is 7.82. The summed E-state index contributed by atoms with van der Waals surface area (Å²) in [5.74, 6) is 0.956. The number of unbranched alkanes of at least 4 members (excludes halogenated alkanes) is 1. The summed E-state index contributed by atoms with van der Waals surface area (Å²) in [4.78, 5) is 2.46. The van der Waals surface area contributed by atoms with Crippen LogP contribution >= 0.6 is 0 Å². The quantitative estimate of drug-likeness (QED) is 0.651. The van der Waals surface area contributed by atoms with Crippen molar-refractivity contribution in [3.05, 3.63) is 0 Å². The van der Waals surface area contributed by atoms with Gasteiger partial charge in [-0.2, -0.15) is 5.26 Å². The van der Waals surface area contributed by atoms with Crippen LogP contribution in [0.25, 0.3) is 0 Å². The van der Waals surface area contributed by atoms with Crippen LogP contribution < -0.4 is 5.32 Å². The molecule has 110 valence electrons. The summed E-state index contributed by atoms with van der Waals surface area (Å²) in [5.41, 5.74) is -0.360. The lowest BCUT2D eigenvalue weighted by Gasteiger charge is -2.30. The molecular formula is C16H31N3. The van der Waals surface area contributed by atoms with Gasteiger partial charge in [-0.15, -0.1) is 0 Å². The van der Waals surface area contributed by atoms with Crippen LogP contribution in [0.1, 0.15) is 59.3 Å². The van der Waals surface area contributed by atoms with E-state index in [0.29, 0.717) is 6.04 Å². The van der Waals surface area contributed by atoms with Crippen LogP contribution in [0.3, 0.4) is 0 Å². The Labute approximate surface area is 119 Å². The van der Waals surface area contributed by atoms with Gasteiger partial charge in [0.25, 0.3) is 0 Å². The molecule has 0 spiro atoms. The van der Waals surface area contributed by atoms with Gasteiger partial charge in [-0.05, 0) is 72.4 Å². The van der Waals surface area contributed by atoms with Crippen molar-refractivity contribution in [2.75, 3.05) is 20.1 Å². The van der Waals surface area contributed by atoms with Crippen molar-refractivity contribution in [2.24, 2.45) is 5.92 Å². The van der Waals surface area contributed by atoms with Crippen LogP contribution in [0.5, 0.6) is 0 Å². The zero-order valence-corrected chi connectivity index (χ0v) is 13.2. The molecule has 0 bridgehead atoms. The van der Waals surface area contributed by atoms with E-state index in [2.05, 4.69) is 37.2 Å². The minimum absolute atomic E-state index is 0.360. The van der Waals surface area contributed by atoms with Crippen LogP contribution in [-0.4, -0.2) is 36.6 Å². The molecule has 0 radical (unpaired) electrons. The van der Waals surface area contributed by atoms with Crippen LogP contribution in [0, 0.1) is 17.2 Å². The predicted octanol–water partition coefficient (Wildman–Crippen LogP) is 3.17. The molecule has 3 heteroatoms. The molecule has 0 heterocycles. The van der Waals surface area contributed by atoms with Gasteiger partial charge in [0.2, 0.25) is 0 Å². The molecule has 1 saturated carbocycles. The highest BCUT2D eigenvalue weighted by atomic mass is 15.1. The van der Waals surface area contributed by atoms with Gasteiger partial charge in [-0.25, -0.2) is 0 Å². The number of nitrogens with zero attached hydrogens (tertiary/aromatic N) is 2. The zero-order chi connectivity index (χ0) is 14.3. The third-order valence-corrected chi connectivity index (χ3v) is 4.12. The maximum atomic E-state index is 9.28. The van der Waals surface area contributed by atoms with Gasteiger partial charge in [-0.3, -0.25) is 5.32 Å². The summed E-state index contributed by atoms with van der Waals surface area (Å²) in [5, 5.41) is 12.6. The Morgan fingerprint density at radius 1 is 1.37 bits per heavy atom. The van der Waals surface area contributed by atoms with E-state index in [4.69, 9.17) is 0 Å². The van der Waals surface area contributed by atoms with Gasteiger partial charge in [0.05, 0.1) is 6.07 Å². The summed E-state index contributed by atoms with van der Waals surface area (Å²) < 4.78 is 0. The molecule has 0 amide bonds. The minimum atomic E-state index is -0.360. The van der Waals surface area contributed by atoms with Crippen molar-refractivity contribution in [3.63, 3.8) is 0 Å². The molecule has 0 aromatic rings. The van der Waals surface area contributed by atoms with Crippen molar-refractivity contribution in [3.8, 4) is 6.07 Å². The fraction of sp³-hybridized carbons (Fsp3) is 0.938. The minimum Gasteiger partial charge on any atom is -0.306 e. The Kier molecular flexibility index (Phi) is 6.82. The van der Waals surface area contributed by atoms with Crippen LogP contribution in [0.2, 0.25) is 0 Å². The van der Waals surface area contributed by atoms with Gasteiger partial charge in [0.15, 0.2) is 0 Å². The van der Waals surface area contributed by atoms with Crippen LogP contribution in [0.15, 0.2) is 0 Å². The smallest absolute Gasteiger partial charge is 0.104 e. The first-order chi connectivity index (χ1) is 8.95. The number of nitriles is 1. The Morgan fingerprint density at radius 2 is 2.05 bits per heavy atom. The molecule has 1 atom stereocenters. The van der Waals surface area contributed by atoms with E-state index in [-0.39, 0.29) is 5.54 Å². The Balaban J connectivity index is 2.12. The first-order valence-corrected chi connectivity index (χ1v) is 7.82. The van der Waals surface area contributed by atoms with Crippen molar-refractivity contribution in [1.82, 2.24) is 10.2 Å². The predicted molar refractivity (Wildman–Crippen MR) is 81.0 cm³/mol. The van der Waals surface area contributed by atoms with E-state index in [9.17, 15) is 5.26 Å². The maximum absolute atomic E-state index is 9.28. The standard InChI is InChI=1S/C16H31N3/c1-14(2)18-16(3,13-17)10-5-6-11-19(4)12-15-8-7-9-15/h14-15,18H,5-12H2,1-4H3. The Morgan fingerprint density at radius 3 is 2.53 bits per heavy atom. The van der Waals surface area contributed by atoms with Gasteiger partial charge < -0.3 is 4.90 Å².